The molecule has 1 heteroatoms. The van der Waals surface area contributed by atoms with Gasteiger partial charge in [-0.05, 0) is 5.57 Å². The van der Waals surface area contributed by atoms with Gasteiger partial charge in [0, 0.05) is 12.8 Å². The van der Waals surface area contributed by atoms with Crippen LogP contribution in [0, 0.1) is 0 Å². The molecule has 0 amide bonds. The zero-order chi connectivity index (χ0) is 9.31. The van der Waals surface area contributed by atoms with Crippen molar-refractivity contribution in [2.45, 2.75) is 12.8 Å². The van der Waals surface area contributed by atoms with E-state index in [1.165, 1.54) is 36.0 Å². The molecule has 0 N–H and O–H groups in total. The number of allylic oxidation sites excluding steroid dienone is 5. The Kier molecular flexibility index (Phi) is 2.12. The normalized spacial score (nSPS) is 25.7. The number of rotatable bonds is 0. The van der Waals surface area contributed by atoms with Crippen molar-refractivity contribution in [3.63, 3.8) is 0 Å². The van der Waals surface area contributed by atoms with Crippen LogP contribution in [-0.2, 0) is 0 Å². The van der Waals surface area contributed by atoms with Gasteiger partial charge < -0.3 is 4.48 Å². The second kappa shape index (κ2) is 3.15. The third-order valence-electron chi connectivity index (χ3n) is 3.11. The van der Waals surface area contributed by atoms with E-state index in [1.807, 2.05) is 0 Å². The highest BCUT2D eigenvalue weighted by atomic mass is 15.3. The fourth-order valence-corrected chi connectivity index (χ4v) is 2.01. The average Bonchev–Trinajstić information content (AvgIpc) is 2.56. The first-order chi connectivity index (χ1) is 6.17. The van der Waals surface area contributed by atoms with E-state index in [1.54, 1.807) is 5.57 Å². The summed E-state index contributed by atoms with van der Waals surface area (Å²) < 4.78 is 1.18. The molecule has 1 aliphatic carbocycles. The Morgan fingerprint density at radius 1 is 1.00 bits per heavy atom. The quantitative estimate of drug-likeness (QED) is 0.497. The molecule has 1 nitrogen and oxygen atoms in total. The van der Waals surface area contributed by atoms with Crippen molar-refractivity contribution in [2.24, 2.45) is 0 Å². The Bertz CT molecular complexity index is 266. The van der Waals surface area contributed by atoms with E-state index in [0.717, 1.165) is 0 Å². The van der Waals surface area contributed by atoms with Crippen LogP contribution in [0.3, 0.4) is 0 Å². The summed E-state index contributed by atoms with van der Waals surface area (Å²) in [7, 11) is 4.64. The molecule has 0 unspecified atom stereocenters. The molecule has 70 valence electrons. The van der Waals surface area contributed by atoms with Crippen LogP contribution in [0.2, 0.25) is 0 Å². The summed E-state index contributed by atoms with van der Waals surface area (Å²) in [6.07, 6.45) is 11.3. The summed E-state index contributed by atoms with van der Waals surface area (Å²) in [5.41, 5.74) is 3.13. The molecule has 0 bridgehead atoms. The fraction of sp³-hybridized carbons (Fsp3) is 0.500. The van der Waals surface area contributed by atoms with E-state index >= 15 is 0 Å². The predicted octanol–water partition coefficient (Wildman–Crippen LogP) is 2.28. The summed E-state index contributed by atoms with van der Waals surface area (Å²) in [4.78, 5) is 0. The monoisotopic (exact) mass is 176 g/mol. The van der Waals surface area contributed by atoms with Gasteiger partial charge in [0.15, 0.2) is 0 Å². The molecule has 0 saturated carbocycles. The van der Waals surface area contributed by atoms with Crippen molar-refractivity contribution in [3.05, 3.63) is 35.5 Å². The predicted molar refractivity (Wildman–Crippen MR) is 56.4 cm³/mol. The number of likely N-dealkylation sites (tertiary alicyclic amines) is 1. The molecule has 1 aliphatic heterocycles. The smallest absolute Gasteiger partial charge is 0.0820 e. The molecule has 1 fully saturated rings. The molecule has 1 saturated heterocycles. The van der Waals surface area contributed by atoms with Crippen molar-refractivity contribution in [1.82, 2.24) is 0 Å². The highest BCUT2D eigenvalue weighted by molar-refractivity contribution is 5.43. The zero-order valence-corrected chi connectivity index (χ0v) is 8.59. The van der Waals surface area contributed by atoms with Crippen molar-refractivity contribution in [1.29, 1.82) is 0 Å². The Morgan fingerprint density at radius 3 is 2.08 bits per heavy atom. The van der Waals surface area contributed by atoms with Crippen LogP contribution < -0.4 is 0 Å². The molecule has 13 heavy (non-hydrogen) atoms. The minimum atomic E-state index is 1.18. The maximum atomic E-state index is 2.32. The highest BCUT2D eigenvalue weighted by Crippen LogP contribution is 2.25. The highest BCUT2D eigenvalue weighted by Gasteiger charge is 2.22. The lowest BCUT2D eigenvalue weighted by molar-refractivity contribution is -0.892. The van der Waals surface area contributed by atoms with Gasteiger partial charge in [0.25, 0.3) is 0 Å². The number of quaternary nitrogens is 1. The van der Waals surface area contributed by atoms with Crippen LogP contribution in [0.1, 0.15) is 12.8 Å². The summed E-state index contributed by atoms with van der Waals surface area (Å²) in [6, 6.07) is 0. The lowest BCUT2D eigenvalue weighted by Crippen LogP contribution is -2.44. The van der Waals surface area contributed by atoms with Crippen LogP contribution in [-0.4, -0.2) is 31.7 Å². The average molecular weight is 176 g/mol. The van der Waals surface area contributed by atoms with E-state index in [4.69, 9.17) is 0 Å². The molecular weight excluding hydrogens is 158 g/mol. The van der Waals surface area contributed by atoms with Crippen LogP contribution >= 0.6 is 0 Å². The Balaban J connectivity index is 2.10. The van der Waals surface area contributed by atoms with E-state index in [9.17, 15) is 0 Å². The lowest BCUT2D eigenvalue weighted by atomic mass is 9.97. The van der Waals surface area contributed by atoms with Crippen LogP contribution in [0.4, 0.5) is 0 Å². The second-order valence-electron chi connectivity index (χ2n) is 4.66. The third-order valence-corrected chi connectivity index (χ3v) is 3.11. The SMILES string of the molecule is C[N+]1(C)CCC(=C2C=CC=C2)CC1. The largest absolute Gasteiger partial charge is 0.328 e. The van der Waals surface area contributed by atoms with Gasteiger partial charge in [-0.25, -0.2) is 0 Å². The van der Waals surface area contributed by atoms with Gasteiger partial charge in [0.2, 0.25) is 0 Å². The first-order valence-electron chi connectivity index (χ1n) is 5.06. The molecular formula is C12H18N+. The Labute approximate surface area is 80.6 Å². The fourth-order valence-electron chi connectivity index (χ4n) is 2.01. The first-order valence-corrected chi connectivity index (χ1v) is 5.06. The molecule has 1 heterocycles. The summed E-state index contributed by atoms with van der Waals surface area (Å²) in [5.74, 6) is 0. The van der Waals surface area contributed by atoms with Crippen molar-refractivity contribution >= 4 is 0 Å². The molecule has 0 radical (unpaired) electrons. The Morgan fingerprint density at radius 2 is 1.54 bits per heavy atom. The van der Waals surface area contributed by atoms with Crippen molar-refractivity contribution < 1.29 is 4.48 Å². The summed E-state index contributed by atoms with van der Waals surface area (Å²) in [5, 5.41) is 0. The van der Waals surface area contributed by atoms with E-state index in [-0.39, 0.29) is 0 Å². The minimum absolute atomic E-state index is 1.18. The molecule has 0 atom stereocenters. The van der Waals surface area contributed by atoms with Crippen molar-refractivity contribution in [2.75, 3.05) is 27.2 Å². The first kappa shape index (κ1) is 8.76. The number of piperidine rings is 1. The van der Waals surface area contributed by atoms with Gasteiger partial charge in [-0.3, -0.25) is 0 Å². The number of hydrogen-bond acceptors (Lipinski definition) is 0. The zero-order valence-electron chi connectivity index (χ0n) is 8.59. The second-order valence-corrected chi connectivity index (χ2v) is 4.66. The van der Waals surface area contributed by atoms with E-state index in [0.29, 0.717) is 0 Å². The van der Waals surface area contributed by atoms with Gasteiger partial charge in [0.1, 0.15) is 0 Å². The van der Waals surface area contributed by atoms with Gasteiger partial charge in [-0.15, -0.1) is 0 Å². The third kappa shape index (κ3) is 1.92. The molecule has 0 aromatic heterocycles. The van der Waals surface area contributed by atoms with Crippen LogP contribution in [0.25, 0.3) is 0 Å². The molecule has 0 spiro atoms. The van der Waals surface area contributed by atoms with Crippen molar-refractivity contribution in [3.8, 4) is 0 Å². The molecule has 0 aromatic carbocycles. The minimum Gasteiger partial charge on any atom is -0.328 e. The topological polar surface area (TPSA) is 0 Å². The molecule has 0 aromatic rings. The Hall–Kier alpha value is -0.820. The molecule has 2 aliphatic rings. The summed E-state index contributed by atoms with van der Waals surface area (Å²) in [6.45, 7) is 2.58. The lowest BCUT2D eigenvalue weighted by Gasteiger charge is -2.35. The van der Waals surface area contributed by atoms with Crippen LogP contribution in [0.15, 0.2) is 35.5 Å². The van der Waals surface area contributed by atoms with E-state index in [2.05, 4.69) is 38.4 Å². The molecule has 2 rings (SSSR count). The van der Waals surface area contributed by atoms with Gasteiger partial charge >= 0.3 is 0 Å². The maximum Gasteiger partial charge on any atom is 0.0820 e. The van der Waals surface area contributed by atoms with E-state index < -0.39 is 0 Å². The standard InChI is InChI=1S/C12H18N/c1-13(2)9-7-12(8-10-13)11-5-3-4-6-11/h3-6H,7-10H2,1-2H3/q+1. The van der Waals surface area contributed by atoms with Gasteiger partial charge in [-0.2, -0.15) is 0 Å². The number of hydrogen-bond donors (Lipinski definition) is 0. The summed E-state index contributed by atoms with van der Waals surface area (Å²) >= 11 is 0. The van der Waals surface area contributed by atoms with Gasteiger partial charge in [0.05, 0.1) is 27.2 Å². The maximum absolute atomic E-state index is 2.32. The van der Waals surface area contributed by atoms with Gasteiger partial charge in [-0.1, -0.05) is 29.9 Å². The van der Waals surface area contributed by atoms with Crippen LogP contribution in [0.5, 0.6) is 0 Å². The number of nitrogens with zero attached hydrogens (tertiary/aromatic N) is 1.